The van der Waals surface area contributed by atoms with Crippen LogP contribution in [0.4, 0.5) is 4.39 Å². The van der Waals surface area contributed by atoms with Crippen molar-refractivity contribution in [2.75, 3.05) is 19.9 Å². The van der Waals surface area contributed by atoms with Crippen molar-refractivity contribution in [1.82, 2.24) is 19.5 Å². The lowest BCUT2D eigenvalue weighted by molar-refractivity contribution is -0.0207. The van der Waals surface area contributed by atoms with E-state index in [-0.39, 0.29) is 31.4 Å². The van der Waals surface area contributed by atoms with Gasteiger partial charge in [0.1, 0.15) is 25.8 Å². The molecule has 2 unspecified atom stereocenters. The van der Waals surface area contributed by atoms with E-state index >= 15 is 0 Å². The van der Waals surface area contributed by atoms with Gasteiger partial charge in [-0.25, -0.2) is 14.4 Å². The minimum Gasteiger partial charge on any atom is -0.473 e. The largest absolute Gasteiger partial charge is 0.473 e. The SMILES string of the molecule is OCC1CCC(n2cnc3c(OCCF)ncnc32)O1. The number of aromatic nitrogens is 4. The van der Waals surface area contributed by atoms with Gasteiger partial charge in [-0.2, -0.15) is 4.98 Å². The Bertz CT molecular complexity index is 591. The van der Waals surface area contributed by atoms with E-state index in [0.717, 1.165) is 12.8 Å². The Labute approximate surface area is 114 Å². The lowest BCUT2D eigenvalue weighted by Crippen LogP contribution is -2.14. The first kappa shape index (κ1) is 13.2. The fourth-order valence-corrected chi connectivity index (χ4v) is 2.31. The molecule has 0 radical (unpaired) electrons. The second-order valence-electron chi connectivity index (χ2n) is 4.51. The molecule has 0 aromatic carbocycles. The number of rotatable bonds is 5. The average molecular weight is 282 g/mol. The number of alkyl halides is 1. The van der Waals surface area contributed by atoms with E-state index < -0.39 is 6.67 Å². The third-order valence-corrected chi connectivity index (χ3v) is 3.24. The third-order valence-electron chi connectivity index (χ3n) is 3.24. The van der Waals surface area contributed by atoms with Crippen LogP contribution in [0.3, 0.4) is 0 Å². The number of aliphatic hydroxyl groups is 1. The van der Waals surface area contributed by atoms with Crippen LogP contribution < -0.4 is 4.74 Å². The number of hydrogen-bond acceptors (Lipinski definition) is 6. The van der Waals surface area contributed by atoms with Crippen molar-refractivity contribution in [2.45, 2.75) is 25.2 Å². The first-order valence-corrected chi connectivity index (χ1v) is 6.46. The highest BCUT2D eigenvalue weighted by Gasteiger charge is 2.27. The molecule has 2 atom stereocenters. The van der Waals surface area contributed by atoms with E-state index in [1.807, 2.05) is 0 Å². The van der Waals surface area contributed by atoms with Crippen molar-refractivity contribution in [3.8, 4) is 5.88 Å². The first-order valence-electron chi connectivity index (χ1n) is 6.46. The predicted molar refractivity (Wildman–Crippen MR) is 67.0 cm³/mol. The summed E-state index contributed by atoms with van der Waals surface area (Å²) in [6.07, 6.45) is 4.17. The van der Waals surface area contributed by atoms with Crippen molar-refractivity contribution < 1.29 is 19.0 Å². The van der Waals surface area contributed by atoms with Crippen LogP contribution in [-0.2, 0) is 4.74 Å². The Morgan fingerprint density at radius 3 is 3.05 bits per heavy atom. The standard InChI is InChI=1S/C12H15FN4O3/c13-3-4-19-12-10-11(14-6-15-12)17(7-16-10)9-2-1-8(5-18)20-9/h6-9,18H,1-5H2. The molecule has 0 amide bonds. The zero-order valence-corrected chi connectivity index (χ0v) is 10.8. The van der Waals surface area contributed by atoms with E-state index in [1.165, 1.54) is 6.33 Å². The summed E-state index contributed by atoms with van der Waals surface area (Å²) >= 11 is 0. The van der Waals surface area contributed by atoms with Gasteiger partial charge in [0.2, 0.25) is 5.88 Å². The smallest absolute Gasteiger partial charge is 0.245 e. The maximum atomic E-state index is 12.2. The Balaban J connectivity index is 1.90. The molecule has 1 aliphatic heterocycles. The predicted octanol–water partition coefficient (Wildman–Crippen LogP) is 0.845. The molecule has 2 aromatic heterocycles. The molecule has 7 nitrogen and oxygen atoms in total. The zero-order chi connectivity index (χ0) is 13.9. The van der Waals surface area contributed by atoms with Crippen LogP contribution in [0.5, 0.6) is 5.88 Å². The molecule has 1 aliphatic rings. The molecule has 0 aliphatic carbocycles. The summed E-state index contributed by atoms with van der Waals surface area (Å²) in [6, 6.07) is 0. The van der Waals surface area contributed by atoms with Gasteiger partial charge in [-0.1, -0.05) is 0 Å². The molecular formula is C12H15FN4O3. The molecule has 1 saturated heterocycles. The van der Waals surface area contributed by atoms with Gasteiger partial charge in [0.25, 0.3) is 0 Å². The second kappa shape index (κ2) is 5.68. The van der Waals surface area contributed by atoms with Crippen molar-refractivity contribution in [3.63, 3.8) is 0 Å². The highest BCUT2D eigenvalue weighted by atomic mass is 19.1. The third kappa shape index (κ3) is 2.32. The molecule has 8 heteroatoms. The van der Waals surface area contributed by atoms with Gasteiger partial charge in [-0.3, -0.25) is 4.57 Å². The fourth-order valence-electron chi connectivity index (χ4n) is 2.31. The minimum atomic E-state index is -0.587. The number of fused-ring (bicyclic) bond motifs is 1. The van der Waals surface area contributed by atoms with Gasteiger partial charge < -0.3 is 14.6 Å². The molecule has 0 saturated carbocycles. The second-order valence-corrected chi connectivity index (χ2v) is 4.51. The summed E-state index contributed by atoms with van der Waals surface area (Å²) in [6.45, 7) is -0.648. The average Bonchev–Trinajstić information content (AvgIpc) is 3.10. The van der Waals surface area contributed by atoms with Gasteiger partial charge in [0.15, 0.2) is 11.2 Å². The quantitative estimate of drug-likeness (QED) is 0.875. The summed E-state index contributed by atoms with van der Waals surface area (Å²) < 4.78 is 24.9. The van der Waals surface area contributed by atoms with Gasteiger partial charge in [-0.05, 0) is 12.8 Å². The Kier molecular flexibility index (Phi) is 3.75. The summed E-state index contributed by atoms with van der Waals surface area (Å²) in [7, 11) is 0. The maximum absolute atomic E-state index is 12.2. The lowest BCUT2D eigenvalue weighted by Gasteiger charge is -2.13. The highest BCUT2D eigenvalue weighted by Crippen LogP contribution is 2.31. The molecular weight excluding hydrogens is 267 g/mol. The van der Waals surface area contributed by atoms with Crippen molar-refractivity contribution in [1.29, 1.82) is 0 Å². The molecule has 3 heterocycles. The molecule has 0 spiro atoms. The topological polar surface area (TPSA) is 82.3 Å². The van der Waals surface area contributed by atoms with E-state index in [0.29, 0.717) is 11.2 Å². The number of aliphatic hydroxyl groups excluding tert-OH is 1. The molecule has 20 heavy (non-hydrogen) atoms. The monoisotopic (exact) mass is 282 g/mol. The maximum Gasteiger partial charge on any atom is 0.245 e. The zero-order valence-electron chi connectivity index (χ0n) is 10.8. The fraction of sp³-hybridized carbons (Fsp3) is 0.583. The van der Waals surface area contributed by atoms with Crippen molar-refractivity contribution in [3.05, 3.63) is 12.7 Å². The first-order chi connectivity index (χ1) is 9.83. The van der Waals surface area contributed by atoms with Crippen molar-refractivity contribution >= 4 is 11.2 Å². The molecule has 1 N–H and O–H groups in total. The molecule has 2 aromatic rings. The molecule has 3 rings (SSSR count). The van der Waals surface area contributed by atoms with Crippen LogP contribution in [0.15, 0.2) is 12.7 Å². The number of hydrogen-bond donors (Lipinski definition) is 1. The molecule has 0 bridgehead atoms. The Morgan fingerprint density at radius 1 is 1.40 bits per heavy atom. The van der Waals surface area contributed by atoms with Crippen LogP contribution in [0.25, 0.3) is 11.2 Å². The van der Waals surface area contributed by atoms with E-state index in [9.17, 15) is 4.39 Å². The Hall–Kier alpha value is -1.80. The summed E-state index contributed by atoms with van der Waals surface area (Å²) in [5.41, 5.74) is 1.06. The molecule has 108 valence electrons. The van der Waals surface area contributed by atoms with Crippen LogP contribution in [0.2, 0.25) is 0 Å². The van der Waals surface area contributed by atoms with Gasteiger partial charge in [0, 0.05) is 0 Å². The van der Waals surface area contributed by atoms with Crippen LogP contribution >= 0.6 is 0 Å². The van der Waals surface area contributed by atoms with E-state index in [1.54, 1.807) is 10.9 Å². The van der Waals surface area contributed by atoms with E-state index in [2.05, 4.69) is 15.0 Å². The van der Waals surface area contributed by atoms with Gasteiger partial charge >= 0.3 is 0 Å². The van der Waals surface area contributed by atoms with Crippen molar-refractivity contribution in [2.24, 2.45) is 0 Å². The minimum absolute atomic E-state index is 0.00295. The van der Waals surface area contributed by atoms with E-state index in [4.69, 9.17) is 14.6 Å². The lowest BCUT2D eigenvalue weighted by atomic mass is 10.2. The number of ether oxygens (including phenoxy) is 2. The highest BCUT2D eigenvalue weighted by molar-refractivity contribution is 5.75. The number of halogens is 1. The normalized spacial score (nSPS) is 22.5. The number of nitrogens with zero attached hydrogens (tertiary/aromatic N) is 4. The van der Waals surface area contributed by atoms with Gasteiger partial charge in [0.05, 0.1) is 19.0 Å². The van der Waals surface area contributed by atoms with Crippen LogP contribution in [-0.4, -0.2) is 50.6 Å². The van der Waals surface area contributed by atoms with Gasteiger partial charge in [-0.15, -0.1) is 0 Å². The van der Waals surface area contributed by atoms with Crippen LogP contribution in [0, 0.1) is 0 Å². The summed E-state index contributed by atoms with van der Waals surface area (Å²) in [4.78, 5) is 12.4. The Morgan fingerprint density at radius 2 is 2.30 bits per heavy atom. The molecule has 1 fully saturated rings. The van der Waals surface area contributed by atoms with Crippen LogP contribution in [0.1, 0.15) is 19.1 Å². The number of imidazole rings is 1. The summed E-state index contributed by atoms with van der Waals surface area (Å²) in [5, 5.41) is 9.10. The summed E-state index contributed by atoms with van der Waals surface area (Å²) in [5.74, 6) is 0.267.